The maximum Gasteiger partial charge on any atom is 0.269 e. The molecule has 30 heavy (non-hydrogen) atoms. The summed E-state index contributed by atoms with van der Waals surface area (Å²) < 4.78 is 2.80. The van der Waals surface area contributed by atoms with Gasteiger partial charge in [-0.1, -0.05) is 35.3 Å². The van der Waals surface area contributed by atoms with Crippen LogP contribution in [0.3, 0.4) is 0 Å². The second-order valence-corrected chi connectivity index (χ2v) is 9.24. The number of nitrogens with zero attached hydrogens (tertiary/aromatic N) is 4. The molecule has 0 aliphatic carbocycles. The number of nitrogens with one attached hydrogen (secondary N) is 1. The second kappa shape index (κ2) is 9.23. The smallest absolute Gasteiger partial charge is 0.269 e. The first-order valence-electron chi connectivity index (χ1n) is 9.46. The predicted molar refractivity (Wildman–Crippen MR) is 128 cm³/mol. The van der Waals surface area contributed by atoms with E-state index in [1.165, 1.54) is 0 Å². The number of piperazine rings is 1. The number of aromatic nitrogens is 2. The Balaban J connectivity index is 1.74. The Hall–Kier alpha value is -1.65. The lowest BCUT2D eigenvalue weighted by atomic mass is 10.1. The van der Waals surface area contributed by atoms with Crippen molar-refractivity contribution in [2.45, 2.75) is 0 Å². The molecule has 0 atom stereocenters. The summed E-state index contributed by atoms with van der Waals surface area (Å²) in [5.41, 5.74) is 5.73. The summed E-state index contributed by atoms with van der Waals surface area (Å²) in [7, 11) is 2.08. The molecule has 2 aromatic carbocycles. The van der Waals surface area contributed by atoms with Crippen LogP contribution in [0.4, 0.5) is 0 Å². The fourth-order valence-corrected chi connectivity index (χ4v) is 4.21. The van der Waals surface area contributed by atoms with Gasteiger partial charge in [-0.25, -0.2) is 9.69 Å². The number of benzene rings is 2. The second-order valence-electron chi connectivity index (χ2n) is 7.15. The van der Waals surface area contributed by atoms with Crippen LogP contribution in [0.1, 0.15) is 10.4 Å². The van der Waals surface area contributed by atoms with Gasteiger partial charge in [0.15, 0.2) is 0 Å². The lowest BCUT2D eigenvalue weighted by Gasteiger charge is -2.32. The van der Waals surface area contributed by atoms with Crippen molar-refractivity contribution in [3.63, 3.8) is 0 Å². The standard InChI is InChI=1S/C21H20Cl2IN5O/c1-27-8-10-28(11-9-27)26-21(30)17-13-25-29(19-7-4-15(22)12-18(19)23)20(17)14-2-5-16(24)6-3-14/h2-7,12-13H,8-11H2,1H3,(H,26,30). The van der Waals surface area contributed by atoms with Crippen molar-refractivity contribution in [2.75, 3.05) is 33.2 Å². The van der Waals surface area contributed by atoms with Crippen LogP contribution in [-0.4, -0.2) is 58.8 Å². The molecule has 1 N–H and O–H groups in total. The third-order valence-corrected chi connectivity index (χ3v) is 6.29. The number of amides is 1. The highest BCUT2D eigenvalue weighted by Crippen LogP contribution is 2.31. The molecule has 0 saturated carbocycles. The van der Waals surface area contributed by atoms with E-state index in [1.807, 2.05) is 29.3 Å². The Labute approximate surface area is 198 Å². The van der Waals surface area contributed by atoms with E-state index < -0.39 is 0 Å². The van der Waals surface area contributed by atoms with E-state index in [2.05, 4.69) is 45.1 Å². The highest BCUT2D eigenvalue weighted by Gasteiger charge is 2.24. The normalized spacial score (nSPS) is 15.3. The Kier molecular flexibility index (Phi) is 6.64. The molecule has 0 spiro atoms. The summed E-state index contributed by atoms with van der Waals surface area (Å²) in [6, 6.07) is 13.2. The van der Waals surface area contributed by atoms with Crippen LogP contribution >= 0.6 is 45.8 Å². The molecule has 1 aliphatic heterocycles. The highest BCUT2D eigenvalue weighted by molar-refractivity contribution is 14.1. The average molecular weight is 556 g/mol. The molecule has 0 radical (unpaired) electrons. The summed E-state index contributed by atoms with van der Waals surface area (Å²) >= 11 is 14.8. The van der Waals surface area contributed by atoms with Crippen molar-refractivity contribution in [1.29, 1.82) is 0 Å². The van der Waals surface area contributed by atoms with Crippen LogP contribution in [0.25, 0.3) is 16.9 Å². The van der Waals surface area contributed by atoms with E-state index in [9.17, 15) is 4.79 Å². The first-order valence-corrected chi connectivity index (χ1v) is 11.3. The third kappa shape index (κ3) is 4.65. The molecule has 0 bridgehead atoms. The van der Waals surface area contributed by atoms with E-state index in [1.54, 1.807) is 29.1 Å². The monoisotopic (exact) mass is 555 g/mol. The topological polar surface area (TPSA) is 53.4 Å². The van der Waals surface area contributed by atoms with Crippen molar-refractivity contribution in [3.8, 4) is 16.9 Å². The molecule has 1 aliphatic rings. The number of halogens is 3. The summed E-state index contributed by atoms with van der Waals surface area (Å²) in [5.74, 6) is -0.190. The Morgan fingerprint density at radius 3 is 2.43 bits per heavy atom. The molecular weight excluding hydrogens is 536 g/mol. The maximum atomic E-state index is 13.2. The molecule has 1 amide bonds. The van der Waals surface area contributed by atoms with E-state index in [0.717, 1.165) is 35.3 Å². The van der Waals surface area contributed by atoms with Gasteiger partial charge in [-0.2, -0.15) is 5.10 Å². The number of likely N-dealkylation sites (N-methyl/N-ethyl adjacent to an activating group) is 1. The molecule has 6 nitrogen and oxygen atoms in total. The van der Waals surface area contributed by atoms with Crippen molar-refractivity contribution < 1.29 is 4.79 Å². The average Bonchev–Trinajstić information content (AvgIpc) is 3.15. The minimum atomic E-state index is -0.190. The van der Waals surface area contributed by atoms with Gasteiger partial charge in [0.25, 0.3) is 5.91 Å². The lowest BCUT2D eigenvalue weighted by molar-refractivity contribution is 0.0663. The quantitative estimate of drug-likeness (QED) is 0.487. The molecule has 0 unspecified atom stereocenters. The number of hydrogen-bond donors (Lipinski definition) is 1. The molecule has 2 heterocycles. The molecule has 1 saturated heterocycles. The van der Waals surface area contributed by atoms with Gasteiger partial charge in [0.05, 0.1) is 28.2 Å². The van der Waals surface area contributed by atoms with Gasteiger partial charge in [0.1, 0.15) is 0 Å². The van der Waals surface area contributed by atoms with Crippen molar-refractivity contribution >= 4 is 51.7 Å². The van der Waals surface area contributed by atoms with Crippen LogP contribution in [0.15, 0.2) is 48.7 Å². The number of carbonyl (C=O) groups excluding carboxylic acids is 1. The molecular formula is C21H20Cl2IN5O. The van der Waals surface area contributed by atoms with Crippen molar-refractivity contribution in [1.82, 2.24) is 25.1 Å². The van der Waals surface area contributed by atoms with Gasteiger partial charge >= 0.3 is 0 Å². The van der Waals surface area contributed by atoms with Crippen molar-refractivity contribution in [2.24, 2.45) is 0 Å². The zero-order valence-corrected chi connectivity index (χ0v) is 19.9. The highest BCUT2D eigenvalue weighted by atomic mass is 127. The van der Waals surface area contributed by atoms with Gasteiger partial charge in [0.2, 0.25) is 0 Å². The molecule has 1 fully saturated rings. The van der Waals surface area contributed by atoms with E-state index in [-0.39, 0.29) is 5.91 Å². The number of rotatable bonds is 4. The van der Waals surface area contributed by atoms with Gasteiger partial charge < -0.3 is 4.90 Å². The van der Waals surface area contributed by atoms with Gasteiger partial charge in [0, 0.05) is 40.3 Å². The van der Waals surface area contributed by atoms with Crippen LogP contribution in [-0.2, 0) is 0 Å². The molecule has 1 aromatic heterocycles. The van der Waals surface area contributed by atoms with E-state index >= 15 is 0 Å². The third-order valence-electron chi connectivity index (χ3n) is 5.03. The zero-order chi connectivity index (χ0) is 21.3. The maximum absolute atomic E-state index is 13.2. The number of hydrogen-bond acceptors (Lipinski definition) is 4. The molecule has 3 aromatic rings. The molecule has 9 heteroatoms. The van der Waals surface area contributed by atoms with E-state index in [0.29, 0.717) is 27.0 Å². The summed E-state index contributed by atoms with van der Waals surface area (Å²) in [4.78, 5) is 15.4. The fraction of sp³-hybridized carbons (Fsp3) is 0.238. The van der Waals surface area contributed by atoms with Gasteiger partial charge in [-0.15, -0.1) is 0 Å². The summed E-state index contributed by atoms with van der Waals surface area (Å²) in [6.45, 7) is 3.37. The van der Waals surface area contributed by atoms with Crippen LogP contribution in [0.5, 0.6) is 0 Å². The van der Waals surface area contributed by atoms with Crippen LogP contribution in [0.2, 0.25) is 10.0 Å². The predicted octanol–water partition coefficient (Wildman–Crippen LogP) is 4.34. The minimum absolute atomic E-state index is 0.190. The first-order chi connectivity index (χ1) is 14.4. The van der Waals surface area contributed by atoms with Crippen LogP contribution in [0, 0.1) is 3.57 Å². The molecule has 4 rings (SSSR count). The zero-order valence-electron chi connectivity index (χ0n) is 16.3. The molecule has 156 valence electrons. The van der Waals surface area contributed by atoms with Gasteiger partial charge in [-0.05, 0) is 60.0 Å². The Morgan fingerprint density at radius 1 is 1.07 bits per heavy atom. The van der Waals surface area contributed by atoms with Crippen molar-refractivity contribution in [3.05, 3.63) is 67.8 Å². The fourth-order valence-electron chi connectivity index (χ4n) is 3.36. The largest absolute Gasteiger partial charge is 0.304 e. The Morgan fingerprint density at radius 2 is 1.77 bits per heavy atom. The summed E-state index contributed by atoms with van der Waals surface area (Å²) in [5, 5.41) is 7.46. The lowest BCUT2D eigenvalue weighted by Crippen LogP contribution is -2.52. The summed E-state index contributed by atoms with van der Waals surface area (Å²) in [6.07, 6.45) is 1.59. The SMILES string of the molecule is CN1CCN(NC(=O)c2cnn(-c3ccc(Cl)cc3Cl)c2-c2ccc(I)cc2)CC1. The van der Waals surface area contributed by atoms with Gasteiger partial charge in [-0.3, -0.25) is 10.2 Å². The first kappa shape index (κ1) is 21.6. The number of hydrazine groups is 1. The minimum Gasteiger partial charge on any atom is -0.304 e. The Bertz CT molecular complexity index is 1060. The van der Waals surface area contributed by atoms with E-state index in [4.69, 9.17) is 23.2 Å². The van der Waals surface area contributed by atoms with Crippen LogP contribution < -0.4 is 5.43 Å². The number of carbonyl (C=O) groups is 1.